The van der Waals surface area contributed by atoms with E-state index in [0.29, 0.717) is 6.54 Å². The molecule has 0 saturated carbocycles. The molecule has 0 bridgehead atoms. The summed E-state index contributed by atoms with van der Waals surface area (Å²) in [7, 11) is 0. The van der Waals surface area contributed by atoms with Crippen LogP contribution < -0.4 is 4.90 Å². The number of hydrogen-bond donors (Lipinski definition) is 0. The van der Waals surface area contributed by atoms with Gasteiger partial charge in [-0.15, -0.1) is 10.2 Å². The van der Waals surface area contributed by atoms with E-state index in [1.165, 1.54) is 0 Å². The lowest BCUT2D eigenvalue weighted by molar-refractivity contribution is 0.561. The van der Waals surface area contributed by atoms with E-state index in [1.807, 2.05) is 30.3 Å². The van der Waals surface area contributed by atoms with E-state index in [-0.39, 0.29) is 0 Å². The first-order chi connectivity index (χ1) is 12.8. The Bertz CT molecular complexity index is 1090. The molecule has 3 heterocycles. The van der Waals surface area contributed by atoms with Gasteiger partial charge in [-0.25, -0.2) is 9.97 Å². The molecule has 2 aromatic carbocycles. The lowest BCUT2D eigenvalue weighted by Gasteiger charge is -2.29. The monoisotopic (exact) mass is 406 g/mol. The summed E-state index contributed by atoms with van der Waals surface area (Å²) in [5.74, 6) is 2.82. The molecular formula is C19H15BrN6. The van der Waals surface area contributed by atoms with Crippen LogP contribution in [0.4, 0.5) is 5.82 Å². The molecular weight excluding hydrogens is 392 g/mol. The fraction of sp³-hybridized carbons (Fsp3) is 0.158. The number of hydrogen-bond acceptors (Lipinski definition) is 5. The largest absolute Gasteiger partial charge is 0.347 e. The summed E-state index contributed by atoms with van der Waals surface area (Å²) < 4.78 is 3.22. The third-order valence-electron chi connectivity index (χ3n) is 4.66. The Morgan fingerprint density at radius 3 is 2.69 bits per heavy atom. The second-order valence-electron chi connectivity index (χ2n) is 6.24. The quantitative estimate of drug-likeness (QED) is 0.508. The maximum atomic E-state index is 4.55. The first-order valence-corrected chi connectivity index (χ1v) is 9.21. The third kappa shape index (κ3) is 2.55. The Kier molecular flexibility index (Phi) is 3.67. The zero-order chi connectivity index (χ0) is 17.5. The second kappa shape index (κ2) is 6.17. The van der Waals surface area contributed by atoms with E-state index in [0.717, 1.165) is 51.5 Å². The van der Waals surface area contributed by atoms with Crippen molar-refractivity contribution in [2.24, 2.45) is 0 Å². The van der Waals surface area contributed by atoms with E-state index in [9.17, 15) is 0 Å². The van der Waals surface area contributed by atoms with Crippen LogP contribution in [-0.4, -0.2) is 31.3 Å². The second-order valence-corrected chi connectivity index (χ2v) is 7.15. The lowest BCUT2D eigenvalue weighted by atomic mass is 10.2. The van der Waals surface area contributed by atoms with Crippen LogP contribution in [0.5, 0.6) is 0 Å². The summed E-state index contributed by atoms with van der Waals surface area (Å²) in [6.07, 6.45) is 1.63. The number of aromatic nitrogens is 5. The molecule has 0 spiro atoms. The van der Waals surface area contributed by atoms with Crippen molar-refractivity contribution in [2.75, 3.05) is 11.4 Å². The molecule has 2 aromatic heterocycles. The van der Waals surface area contributed by atoms with Gasteiger partial charge in [-0.2, -0.15) is 0 Å². The molecule has 26 heavy (non-hydrogen) atoms. The fourth-order valence-electron chi connectivity index (χ4n) is 3.41. The number of halogens is 1. The van der Waals surface area contributed by atoms with Crippen molar-refractivity contribution in [1.29, 1.82) is 0 Å². The van der Waals surface area contributed by atoms with Gasteiger partial charge in [-0.1, -0.05) is 46.3 Å². The van der Waals surface area contributed by atoms with Gasteiger partial charge in [-0.3, -0.25) is 0 Å². The Morgan fingerprint density at radius 1 is 0.923 bits per heavy atom. The smallest absolute Gasteiger partial charge is 0.164 e. The molecule has 0 N–H and O–H groups in total. The summed E-state index contributed by atoms with van der Waals surface area (Å²) in [4.78, 5) is 11.2. The number of rotatable bonds is 2. The minimum atomic E-state index is 0.679. The maximum Gasteiger partial charge on any atom is 0.164 e. The summed E-state index contributed by atoms with van der Waals surface area (Å²) in [6.45, 7) is 2.36. The van der Waals surface area contributed by atoms with Crippen LogP contribution in [0.15, 0.2) is 59.3 Å². The molecule has 0 unspecified atom stereocenters. The van der Waals surface area contributed by atoms with Gasteiger partial charge in [-0.05, 0) is 18.2 Å². The third-order valence-corrected chi connectivity index (χ3v) is 5.15. The van der Waals surface area contributed by atoms with Crippen molar-refractivity contribution in [2.45, 2.75) is 13.1 Å². The normalized spacial score (nSPS) is 13.8. The topological polar surface area (TPSA) is 59.7 Å². The number of anilines is 1. The van der Waals surface area contributed by atoms with Gasteiger partial charge in [0.25, 0.3) is 0 Å². The van der Waals surface area contributed by atoms with Crippen molar-refractivity contribution in [3.63, 3.8) is 0 Å². The van der Waals surface area contributed by atoms with Crippen molar-refractivity contribution in [3.05, 3.63) is 65.2 Å². The Balaban J connectivity index is 1.53. The lowest BCUT2D eigenvalue weighted by Crippen LogP contribution is -2.34. The first kappa shape index (κ1) is 15.5. The summed E-state index contributed by atoms with van der Waals surface area (Å²) in [6, 6.07) is 16.3. The molecule has 0 fully saturated rings. The summed E-state index contributed by atoms with van der Waals surface area (Å²) >= 11 is 3.55. The van der Waals surface area contributed by atoms with Gasteiger partial charge in [0.05, 0.1) is 12.1 Å². The van der Waals surface area contributed by atoms with Gasteiger partial charge < -0.3 is 9.47 Å². The van der Waals surface area contributed by atoms with Crippen molar-refractivity contribution in [1.82, 2.24) is 24.7 Å². The average molecular weight is 407 g/mol. The molecule has 128 valence electrons. The molecule has 0 amide bonds. The Hall–Kier alpha value is -2.80. The van der Waals surface area contributed by atoms with Gasteiger partial charge in [0.15, 0.2) is 11.6 Å². The van der Waals surface area contributed by atoms with E-state index in [4.69, 9.17) is 0 Å². The zero-order valence-corrected chi connectivity index (χ0v) is 15.5. The highest BCUT2D eigenvalue weighted by Gasteiger charge is 2.24. The summed E-state index contributed by atoms with van der Waals surface area (Å²) in [5, 5.41) is 9.88. The van der Waals surface area contributed by atoms with Gasteiger partial charge in [0, 0.05) is 28.5 Å². The molecule has 6 nitrogen and oxygen atoms in total. The van der Waals surface area contributed by atoms with E-state index < -0.39 is 0 Å². The molecule has 1 aliphatic heterocycles. The fourth-order valence-corrected chi connectivity index (χ4v) is 3.77. The molecule has 0 atom stereocenters. The van der Waals surface area contributed by atoms with Gasteiger partial charge in [0.2, 0.25) is 0 Å². The Labute approximate surface area is 158 Å². The van der Waals surface area contributed by atoms with Crippen LogP contribution in [0.1, 0.15) is 5.82 Å². The van der Waals surface area contributed by atoms with Crippen LogP contribution in [0, 0.1) is 0 Å². The minimum Gasteiger partial charge on any atom is -0.347 e. The van der Waals surface area contributed by atoms with Crippen LogP contribution in [0.2, 0.25) is 0 Å². The van der Waals surface area contributed by atoms with Crippen molar-refractivity contribution < 1.29 is 0 Å². The van der Waals surface area contributed by atoms with Crippen LogP contribution in [-0.2, 0) is 13.1 Å². The highest BCUT2D eigenvalue weighted by atomic mass is 79.9. The first-order valence-electron chi connectivity index (χ1n) is 8.42. The standard InChI is InChI=1S/C19H15BrN6/c20-14-6-7-16-15(10-14)19(22-12-21-16)25-8-9-26-17(11-25)23-24-18(26)13-4-2-1-3-5-13/h1-7,10,12H,8-9,11H2. The predicted molar refractivity (Wildman–Crippen MR) is 104 cm³/mol. The molecule has 5 rings (SSSR count). The molecule has 0 saturated heterocycles. The van der Waals surface area contributed by atoms with Gasteiger partial charge >= 0.3 is 0 Å². The van der Waals surface area contributed by atoms with Crippen LogP contribution in [0.3, 0.4) is 0 Å². The highest BCUT2D eigenvalue weighted by Crippen LogP contribution is 2.29. The molecule has 1 aliphatic rings. The number of fused-ring (bicyclic) bond motifs is 2. The van der Waals surface area contributed by atoms with Gasteiger partial charge in [0.1, 0.15) is 12.1 Å². The average Bonchev–Trinajstić information content (AvgIpc) is 3.11. The molecule has 4 aromatic rings. The van der Waals surface area contributed by atoms with Crippen LogP contribution in [0.25, 0.3) is 22.3 Å². The van der Waals surface area contributed by atoms with E-state index in [1.54, 1.807) is 6.33 Å². The molecule has 0 radical (unpaired) electrons. The van der Waals surface area contributed by atoms with Crippen molar-refractivity contribution in [3.8, 4) is 11.4 Å². The predicted octanol–water partition coefficient (Wildman–Crippen LogP) is 3.67. The molecule has 0 aliphatic carbocycles. The van der Waals surface area contributed by atoms with Crippen molar-refractivity contribution >= 4 is 32.7 Å². The van der Waals surface area contributed by atoms with E-state index >= 15 is 0 Å². The maximum absolute atomic E-state index is 4.55. The molecule has 7 heteroatoms. The number of nitrogens with zero attached hydrogens (tertiary/aromatic N) is 6. The highest BCUT2D eigenvalue weighted by molar-refractivity contribution is 9.10. The SMILES string of the molecule is Brc1ccc2ncnc(N3CCn4c(nnc4-c4ccccc4)C3)c2c1. The Morgan fingerprint density at radius 2 is 1.81 bits per heavy atom. The van der Waals surface area contributed by atoms with Crippen LogP contribution >= 0.6 is 15.9 Å². The zero-order valence-electron chi connectivity index (χ0n) is 13.9. The number of benzene rings is 2. The van der Waals surface area contributed by atoms with E-state index in [2.05, 4.69) is 63.8 Å². The minimum absolute atomic E-state index is 0.679. The summed E-state index contributed by atoms with van der Waals surface area (Å²) in [5.41, 5.74) is 2.03.